The molecule has 1 fully saturated rings. The first-order valence-electron chi connectivity index (χ1n) is 12.6. The van der Waals surface area contributed by atoms with Crippen molar-refractivity contribution in [3.05, 3.63) is 100 Å². The van der Waals surface area contributed by atoms with Gasteiger partial charge in [0.1, 0.15) is 0 Å². The number of guanidine groups is 1. The van der Waals surface area contributed by atoms with E-state index in [1.54, 1.807) is 22.0 Å². The van der Waals surface area contributed by atoms with Crippen LogP contribution in [0.2, 0.25) is 10.0 Å². The van der Waals surface area contributed by atoms with Crippen molar-refractivity contribution < 1.29 is 16.8 Å². The van der Waals surface area contributed by atoms with Crippen LogP contribution in [0.25, 0.3) is 0 Å². The van der Waals surface area contributed by atoms with E-state index in [1.165, 1.54) is 24.3 Å². The van der Waals surface area contributed by atoms with Crippen LogP contribution in [0.15, 0.2) is 93.3 Å². The Hall–Kier alpha value is -2.96. The van der Waals surface area contributed by atoms with E-state index in [4.69, 9.17) is 33.4 Å². The molecule has 40 heavy (non-hydrogen) atoms. The molecule has 0 bridgehead atoms. The molecule has 1 saturated heterocycles. The SMILES string of the molecule is NS(=O)(=O)C1CCN(/C(=N/S(=O)(=O)c2ccc(Cl)cc2)N2C[C@@H](c3ccccc3)C(c3ccc(Cl)cc3)=N2)CC1. The molecule has 0 aliphatic carbocycles. The number of nitrogens with two attached hydrogens (primary N) is 1. The van der Waals surface area contributed by atoms with Gasteiger partial charge in [0.05, 0.1) is 22.4 Å². The molecule has 2 aliphatic heterocycles. The van der Waals surface area contributed by atoms with Crippen molar-refractivity contribution in [2.45, 2.75) is 28.9 Å². The predicted octanol–water partition coefficient (Wildman–Crippen LogP) is 4.29. The number of primary sulfonamides is 1. The minimum atomic E-state index is -4.16. The third kappa shape index (κ3) is 6.34. The smallest absolute Gasteiger partial charge is 0.285 e. The summed E-state index contributed by atoms with van der Waals surface area (Å²) in [6, 6.07) is 22.9. The average molecular weight is 621 g/mol. The summed E-state index contributed by atoms with van der Waals surface area (Å²) in [4.78, 5) is 1.74. The highest BCUT2D eigenvalue weighted by Gasteiger charge is 2.37. The Kier molecular flexibility index (Phi) is 8.21. The number of nitrogens with zero attached hydrogens (tertiary/aromatic N) is 4. The van der Waals surface area contributed by atoms with Gasteiger partial charge in [-0.15, -0.1) is 4.40 Å². The van der Waals surface area contributed by atoms with Gasteiger partial charge < -0.3 is 4.90 Å². The van der Waals surface area contributed by atoms with Gasteiger partial charge in [0.15, 0.2) is 0 Å². The number of halogens is 2. The fourth-order valence-corrected chi connectivity index (χ4v) is 7.00. The summed E-state index contributed by atoms with van der Waals surface area (Å²) in [6.07, 6.45) is 0.477. The largest absolute Gasteiger partial charge is 0.340 e. The molecule has 2 aliphatic rings. The minimum absolute atomic E-state index is 0.0190. The lowest BCUT2D eigenvalue weighted by atomic mass is 9.91. The normalized spacial score (nSPS) is 19.1. The molecule has 3 aromatic carbocycles. The lowest BCUT2D eigenvalue weighted by Crippen LogP contribution is -2.49. The number of hydrogen-bond donors (Lipinski definition) is 1. The van der Waals surface area contributed by atoms with Crippen molar-refractivity contribution in [3.8, 4) is 0 Å². The Morgan fingerprint density at radius 2 is 1.43 bits per heavy atom. The minimum Gasteiger partial charge on any atom is -0.340 e. The topological polar surface area (TPSA) is 126 Å². The summed E-state index contributed by atoms with van der Waals surface area (Å²) in [7, 11) is -7.88. The van der Waals surface area contributed by atoms with Gasteiger partial charge in [0.2, 0.25) is 16.0 Å². The van der Waals surface area contributed by atoms with Gasteiger partial charge in [-0.3, -0.25) is 0 Å². The number of hydrogen-bond acceptors (Lipinski definition) is 5. The Morgan fingerprint density at radius 3 is 2.00 bits per heavy atom. The van der Waals surface area contributed by atoms with Gasteiger partial charge >= 0.3 is 0 Å². The monoisotopic (exact) mass is 619 g/mol. The number of piperidine rings is 1. The van der Waals surface area contributed by atoms with Gasteiger partial charge in [0.25, 0.3) is 10.0 Å². The predicted molar refractivity (Wildman–Crippen MR) is 158 cm³/mol. The van der Waals surface area contributed by atoms with Gasteiger partial charge in [-0.25, -0.2) is 18.6 Å². The second-order valence-corrected chi connectivity index (χ2v) is 14.0. The van der Waals surface area contributed by atoms with E-state index in [0.29, 0.717) is 16.6 Å². The highest BCUT2D eigenvalue weighted by atomic mass is 35.5. The van der Waals surface area contributed by atoms with Crippen LogP contribution in [0, 0.1) is 0 Å². The first-order valence-corrected chi connectivity index (χ1v) is 16.4. The van der Waals surface area contributed by atoms with Gasteiger partial charge in [0, 0.05) is 29.1 Å². The lowest BCUT2D eigenvalue weighted by molar-refractivity contribution is 0.291. The van der Waals surface area contributed by atoms with E-state index in [1.807, 2.05) is 42.5 Å². The quantitative estimate of drug-likeness (QED) is 0.335. The van der Waals surface area contributed by atoms with E-state index in [-0.39, 0.29) is 42.7 Å². The summed E-state index contributed by atoms with van der Waals surface area (Å²) in [5.74, 6) is -0.0690. The van der Waals surface area contributed by atoms with Crippen molar-refractivity contribution in [1.82, 2.24) is 9.91 Å². The third-order valence-electron chi connectivity index (χ3n) is 6.99. The number of likely N-dealkylation sites (tertiary alicyclic amines) is 1. The summed E-state index contributed by atoms with van der Waals surface area (Å²) < 4.78 is 55.1. The molecule has 0 unspecified atom stereocenters. The van der Waals surface area contributed by atoms with Gasteiger partial charge in [-0.05, 0) is 60.4 Å². The van der Waals surface area contributed by atoms with Crippen LogP contribution >= 0.6 is 23.2 Å². The molecular formula is C27H27Cl2N5O4S2. The highest BCUT2D eigenvalue weighted by molar-refractivity contribution is 7.90. The summed E-state index contributed by atoms with van der Waals surface area (Å²) >= 11 is 12.1. The van der Waals surface area contributed by atoms with E-state index in [0.717, 1.165) is 16.8 Å². The molecule has 0 spiro atoms. The molecule has 9 nitrogen and oxygen atoms in total. The summed E-state index contributed by atoms with van der Waals surface area (Å²) in [5.41, 5.74) is 2.58. The Morgan fingerprint density at radius 1 is 0.850 bits per heavy atom. The molecule has 0 saturated carbocycles. The standard InChI is InChI=1S/C27H27Cl2N5O4S2/c28-21-8-6-20(7-9-21)26-25(19-4-2-1-3-5-19)18-34(31-26)27(33-16-14-23(15-17-33)39(30,35)36)32-40(37,38)24-12-10-22(29)11-13-24/h1-13,23,25H,14-18H2,(H2,30,35,36)/b32-27-/t25-/m0/s1. The van der Waals surface area contributed by atoms with Crippen molar-refractivity contribution >= 4 is 54.9 Å². The maximum absolute atomic E-state index is 13.5. The van der Waals surface area contributed by atoms with Crippen molar-refractivity contribution in [2.75, 3.05) is 19.6 Å². The van der Waals surface area contributed by atoms with Crippen molar-refractivity contribution in [2.24, 2.45) is 14.6 Å². The molecule has 5 rings (SSSR count). The van der Waals surface area contributed by atoms with Crippen LogP contribution < -0.4 is 5.14 Å². The summed E-state index contributed by atoms with van der Waals surface area (Å²) in [5, 5.41) is 12.2. The van der Waals surface area contributed by atoms with E-state index in [9.17, 15) is 16.8 Å². The van der Waals surface area contributed by atoms with Crippen LogP contribution in [0.3, 0.4) is 0 Å². The first kappa shape index (κ1) is 28.6. The van der Waals surface area contributed by atoms with Crippen molar-refractivity contribution in [3.63, 3.8) is 0 Å². The van der Waals surface area contributed by atoms with Gasteiger partial charge in [-0.2, -0.15) is 13.5 Å². The average Bonchev–Trinajstić information content (AvgIpc) is 3.38. The summed E-state index contributed by atoms with van der Waals surface area (Å²) in [6.45, 7) is 0.814. The van der Waals surface area contributed by atoms with Crippen LogP contribution in [0.5, 0.6) is 0 Å². The molecule has 3 aromatic rings. The molecular weight excluding hydrogens is 593 g/mol. The van der Waals surface area contributed by atoms with Gasteiger partial charge in [-0.1, -0.05) is 65.7 Å². The Labute approximate surface area is 244 Å². The number of benzene rings is 3. The number of sulfonamides is 2. The zero-order valence-corrected chi connectivity index (χ0v) is 24.4. The second-order valence-electron chi connectivity index (χ2n) is 9.63. The molecule has 2 heterocycles. The molecule has 0 amide bonds. The van der Waals surface area contributed by atoms with Crippen LogP contribution in [0.4, 0.5) is 0 Å². The molecule has 0 radical (unpaired) electrons. The zero-order valence-electron chi connectivity index (χ0n) is 21.3. The molecule has 210 valence electrons. The van der Waals surface area contributed by atoms with Crippen LogP contribution in [0.1, 0.15) is 29.9 Å². The maximum atomic E-state index is 13.5. The zero-order chi connectivity index (χ0) is 28.5. The second kappa shape index (κ2) is 11.5. The highest BCUT2D eigenvalue weighted by Crippen LogP contribution is 2.31. The van der Waals surface area contributed by atoms with E-state index < -0.39 is 25.3 Å². The number of hydrazone groups is 1. The molecule has 13 heteroatoms. The first-order chi connectivity index (χ1) is 19.0. The molecule has 2 N–H and O–H groups in total. The fourth-order valence-electron chi connectivity index (χ4n) is 4.87. The van der Waals surface area contributed by atoms with E-state index >= 15 is 0 Å². The Balaban J connectivity index is 1.58. The van der Waals surface area contributed by atoms with Crippen LogP contribution in [-0.4, -0.2) is 63.3 Å². The van der Waals surface area contributed by atoms with Crippen LogP contribution in [-0.2, 0) is 20.0 Å². The fraction of sp³-hybridized carbons (Fsp3) is 0.259. The Bertz CT molecular complexity index is 1640. The molecule has 1 atom stereocenters. The van der Waals surface area contributed by atoms with Crippen molar-refractivity contribution in [1.29, 1.82) is 0 Å². The number of rotatable bonds is 5. The maximum Gasteiger partial charge on any atom is 0.285 e. The third-order valence-corrected chi connectivity index (χ3v) is 10.2. The molecule has 0 aromatic heterocycles. The lowest BCUT2D eigenvalue weighted by Gasteiger charge is -2.35. The van der Waals surface area contributed by atoms with E-state index in [2.05, 4.69) is 4.40 Å².